The Kier molecular flexibility index (Phi) is 3.11. The zero-order chi connectivity index (χ0) is 16.1. The molecule has 0 fully saturated rings. The second kappa shape index (κ2) is 5.04. The maximum Gasteiger partial charge on any atom is 0.270 e. The first-order valence-corrected chi connectivity index (χ1v) is 8.06. The van der Waals surface area contributed by atoms with Gasteiger partial charge in [-0.15, -0.1) is 0 Å². The fourth-order valence-electron chi connectivity index (χ4n) is 2.69. The third-order valence-corrected chi connectivity index (χ3v) is 5.05. The lowest BCUT2D eigenvalue weighted by Crippen LogP contribution is -1.89. The molecule has 0 N–H and O–H groups in total. The number of nitro groups is 1. The highest BCUT2D eigenvalue weighted by atomic mass is 35.5. The second-order valence-corrected chi connectivity index (χ2v) is 6.63. The van der Waals surface area contributed by atoms with Gasteiger partial charge in [-0.05, 0) is 25.1 Å². The number of hydrogen-bond acceptors (Lipinski definition) is 4. The van der Waals surface area contributed by atoms with Gasteiger partial charge in [-0.1, -0.05) is 35.1 Å². The van der Waals surface area contributed by atoms with Crippen molar-refractivity contribution in [2.45, 2.75) is 6.92 Å². The maximum absolute atomic E-state index is 10.9. The number of thiazole rings is 1. The number of fused-ring (bicyclic) bond motifs is 3. The van der Waals surface area contributed by atoms with Gasteiger partial charge in [-0.25, -0.2) is 4.98 Å². The molecule has 0 aliphatic heterocycles. The van der Waals surface area contributed by atoms with Crippen LogP contribution in [0.4, 0.5) is 5.69 Å². The van der Waals surface area contributed by atoms with E-state index < -0.39 is 0 Å². The normalized spacial score (nSPS) is 11.4. The van der Waals surface area contributed by atoms with Gasteiger partial charge < -0.3 is 0 Å². The first-order chi connectivity index (χ1) is 11.0. The molecular formula is C16H10ClN3O2S. The Balaban J connectivity index is 1.95. The summed E-state index contributed by atoms with van der Waals surface area (Å²) >= 11 is 7.38. The highest BCUT2D eigenvalue weighted by Gasteiger charge is 2.17. The van der Waals surface area contributed by atoms with Gasteiger partial charge in [0.2, 0.25) is 0 Å². The van der Waals surface area contributed by atoms with Crippen LogP contribution in [0.3, 0.4) is 0 Å². The maximum atomic E-state index is 10.9. The minimum atomic E-state index is -0.381. The van der Waals surface area contributed by atoms with Crippen LogP contribution < -0.4 is 0 Å². The van der Waals surface area contributed by atoms with Crippen LogP contribution in [-0.2, 0) is 0 Å². The van der Waals surface area contributed by atoms with Gasteiger partial charge in [0.25, 0.3) is 5.69 Å². The van der Waals surface area contributed by atoms with Crippen molar-refractivity contribution in [1.29, 1.82) is 0 Å². The highest BCUT2D eigenvalue weighted by molar-refractivity contribution is 7.23. The number of aromatic nitrogens is 2. The summed E-state index contributed by atoms with van der Waals surface area (Å²) in [5.41, 5.74) is 3.92. The average Bonchev–Trinajstić information content (AvgIpc) is 3.04. The molecule has 114 valence electrons. The second-order valence-electron chi connectivity index (χ2n) is 5.18. The number of halogens is 1. The molecule has 0 atom stereocenters. The summed E-state index contributed by atoms with van der Waals surface area (Å²) in [6, 6.07) is 12.4. The van der Waals surface area contributed by atoms with Gasteiger partial charge in [0.15, 0.2) is 4.96 Å². The van der Waals surface area contributed by atoms with Crippen molar-refractivity contribution in [1.82, 2.24) is 9.38 Å². The molecule has 0 unspecified atom stereocenters. The summed E-state index contributed by atoms with van der Waals surface area (Å²) in [6.45, 7) is 2.00. The highest BCUT2D eigenvalue weighted by Crippen LogP contribution is 2.34. The Labute approximate surface area is 139 Å². The van der Waals surface area contributed by atoms with Gasteiger partial charge in [-0.3, -0.25) is 14.5 Å². The zero-order valence-corrected chi connectivity index (χ0v) is 13.6. The molecule has 0 bridgehead atoms. The van der Waals surface area contributed by atoms with Crippen molar-refractivity contribution < 1.29 is 4.92 Å². The Morgan fingerprint density at radius 2 is 1.96 bits per heavy atom. The van der Waals surface area contributed by atoms with Crippen molar-refractivity contribution in [3.63, 3.8) is 0 Å². The predicted molar refractivity (Wildman–Crippen MR) is 92.4 cm³/mol. The SMILES string of the molecule is Cc1c(-c2ccc(Cl)cc2)nc2sc3cc([N+](=O)[O-])ccc3n12. The molecule has 2 aromatic heterocycles. The molecular weight excluding hydrogens is 334 g/mol. The van der Waals surface area contributed by atoms with E-state index in [1.807, 2.05) is 35.6 Å². The van der Waals surface area contributed by atoms with E-state index in [4.69, 9.17) is 16.6 Å². The Hall–Kier alpha value is -2.44. The van der Waals surface area contributed by atoms with Gasteiger partial charge in [0.05, 0.1) is 20.8 Å². The predicted octanol–water partition coefficient (Wildman–Crippen LogP) is 5.09. The lowest BCUT2D eigenvalue weighted by atomic mass is 10.1. The van der Waals surface area contributed by atoms with Gasteiger partial charge in [-0.2, -0.15) is 0 Å². The van der Waals surface area contributed by atoms with Gasteiger partial charge in [0.1, 0.15) is 0 Å². The number of nitro benzene ring substituents is 1. The van der Waals surface area contributed by atoms with Crippen LogP contribution in [-0.4, -0.2) is 14.3 Å². The first kappa shape index (κ1) is 14.2. The van der Waals surface area contributed by atoms with Gasteiger partial charge in [0, 0.05) is 28.4 Å². The van der Waals surface area contributed by atoms with E-state index in [1.165, 1.54) is 17.4 Å². The molecule has 0 aliphatic carbocycles. The standard InChI is InChI=1S/C16H10ClN3O2S/c1-9-15(10-2-4-11(17)5-3-10)18-16-19(9)13-7-6-12(20(21)22)8-14(13)23-16/h2-8H,1H3. The number of imidazole rings is 1. The molecule has 0 radical (unpaired) electrons. The van der Waals surface area contributed by atoms with Crippen molar-refractivity contribution in [3.8, 4) is 11.3 Å². The molecule has 2 heterocycles. The summed E-state index contributed by atoms with van der Waals surface area (Å²) in [4.78, 5) is 16.0. The lowest BCUT2D eigenvalue weighted by Gasteiger charge is -2.00. The van der Waals surface area contributed by atoms with Crippen LogP contribution in [0.25, 0.3) is 26.4 Å². The van der Waals surface area contributed by atoms with E-state index in [9.17, 15) is 10.1 Å². The minimum Gasteiger partial charge on any atom is -0.287 e. The van der Waals surface area contributed by atoms with Crippen LogP contribution in [0.2, 0.25) is 5.02 Å². The Bertz CT molecular complexity index is 1070. The topological polar surface area (TPSA) is 60.4 Å². The Morgan fingerprint density at radius 1 is 1.22 bits per heavy atom. The van der Waals surface area contributed by atoms with Gasteiger partial charge >= 0.3 is 0 Å². The molecule has 4 aromatic rings. The monoisotopic (exact) mass is 343 g/mol. The molecule has 5 nitrogen and oxygen atoms in total. The number of rotatable bonds is 2. The molecule has 7 heteroatoms. The largest absolute Gasteiger partial charge is 0.287 e. The summed E-state index contributed by atoms with van der Waals surface area (Å²) in [5.74, 6) is 0. The van der Waals surface area contributed by atoms with E-state index in [2.05, 4.69) is 0 Å². The van der Waals surface area contributed by atoms with Crippen LogP contribution in [0.1, 0.15) is 5.69 Å². The first-order valence-electron chi connectivity index (χ1n) is 6.86. The Morgan fingerprint density at radius 3 is 2.65 bits per heavy atom. The molecule has 0 saturated heterocycles. The summed E-state index contributed by atoms with van der Waals surface area (Å²) in [7, 11) is 0. The van der Waals surface area contributed by atoms with Crippen LogP contribution in [0.5, 0.6) is 0 Å². The number of benzene rings is 2. The molecule has 2 aromatic carbocycles. The third-order valence-electron chi connectivity index (χ3n) is 3.79. The molecule has 0 spiro atoms. The smallest absolute Gasteiger partial charge is 0.270 e. The molecule has 23 heavy (non-hydrogen) atoms. The van der Waals surface area contributed by atoms with Crippen LogP contribution >= 0.6 is 22.9 Å². The molecule has 0 saturated carbocycles. The van der Waals surface area contributed by atoms with Crippen LogP contribution in [0, 0.1) is 17.0 Å². The van der Waals surface area contributed by atoms with E-state index in [0.717, 1.165) is 32.1 Å². The summed E-state index contributed by atoms with van der Waals surface area (Å²) in [5, 5.41) is 11.6. The van der Waals surface area contributed by atoms with Crippen molar-refractivity contribution in [2.75, 3.05) is 0 Å². The zero-order valence-electron chi connectivity index (χ0n) is 12.0. The van der Waals surface area contributed by atoms with E-state index in [1.54, 1.807) is 12.1 Å². The number of aryl methyl sites for hydroxylation is 1. The fourth-order valence-corrected chi connectivity index (χ4v) is 3.92. The van der Waals surface area contributed by atoms with Crippen molar-refractivity contribution in [2.24, 2.45) is 0 Å². The van der Waals surface area contributed by atoms with Crippen molar-refractivity contribution >= 4 is 43.8 Å². The molecule has 0 aliphatic rings. The van der Waals surface area contributed by atoms with Crippen molar-refractivity contribution in [3.05, 3.63) is 63.3 Å². The quantitative estimate of drug-likeness (QED) is 0.376. The number of non-ortho nitro benzene ring substituents is 1. The minimum absolute atomic E-state index is 0.0950. The summed E-state index contributed by atoms with van der Waals surface area (Å²) in [6.07, 6.45) is 0. The van der Waals surface area contributed by atoms with E-state index in [-0.39, 0.29) is 10.6 Å². The molecule has 4 rings (SSSR count). The molecule has 0 amide bonds. The van der Waals surface area contributed by atoms with E-state index in [0.29, 0.717) is 5.02 Å². The summed E-state index contributed by atoms with van der Waals surface area (Å²) < 4.78 is 2.89. The fraction of sp³-hybridized carbons (Fsp3) is 0.0625. The third kappa shape index (κ3) is 2.18. The van der Waals surface area contributed by atoms with Crippen LogP contribution in [0.15, 0.2) is 42.5 Å². The number of hydrogen-bond donors (Lipinski definition) is 0. The lowest BCUT2D eigenvalue weighted by molar-refractivity contribution is -0.384. The number of nitrogens with zero attached hydrogens (tertiary/aromatic N) is 3. The van der Waals surface area contributed by atoms with E-state index >= 15 is 0 Å². The average molecular weight is 344 g/mol.